The van der Waals surface area contributed by atoms with Crippen molar-refractivity contribution < 1.29 is 39.5 Å². The van der Waals surface area contributed by atoms with Gasteiger partial charge in [-0.2, -0.15) is 0 Å². The van der Waals surface area contributed by atoms with Crippen molar-refractivity contribution in [3.8, 4) is 0 Å². The molecule has 1 aromatic rings. The van der Waals surface area contributed by atoms with E-state index in [0.717, 1.165) is 0 Å². The van der Waals surface area contributed by atoms with Gasteiger partial charge in [-0.05, 0) is 6.07 Å². The predicted molar refractivity (Wildman–Crippen MR) is 49.4 cm³/mol. The van der Waals surface area contributed by atoms with E-state index in [0.29, 0.717) is 4.90 Å². The van der Waals surface area contributed by atoms with E-state index in [2.05, 4.69) is 12.6 Å². The summed E-state index contributed by atoms with van der Waals surface area (Å²) in [5.74, 6) is -1.19. The van der Waals surface area contributed by atoms with Gasteiger partial charge < -0.3 is 9.90 Å². The van der Waals surface area contributed by atoms with Gasteiger partial charge in [0.2, 0.25) is 0 Å². The Morgan fingerprint density at radius 3 is 2.08 bits per heavy atom. The molecule has 0 aromatic heterocycles. The summed E-state index contributed by atoms with van der Waals surface area (Å²) < 4.78 is 0. The standard InChI is InChI=1S/C7H6O2S.C2H6.Na/c8-7(9)5-3-1-2-4-6(5)10;1-2;/h1-4,10H,(H,8,9);1-2H3;/q;;+1/p-1. The van der Waals surface area contributed by atoms with Gasteiger partial charge in [0.05, 0.1) is 5.97 Å². The molecule has 0 fully saturated rings. The van der Waals surface area contributed by atoms with Gasteiger partial charge in [0.15, 0.2) is 0 Å². The van der Waals surface area contributed by atoms with Crippen molar-refractivity contribution in [3.63, 3.8) is 0 Å². The van der Waals surface area contributed by atoms with Crippen LogP contribution in [0.1, 0.15) is 24.2 Å². The summed E-state index contributed by atoms with van der Waals surface area (Å²) in [6.45, 7) is 4.00. The van der Waals surface area contributed by atoms with Crippen LogP contribution in [0, 0.1) is 0 Å². The number of aromatic carboxylic acids is 1. The van der Waals surface area contributed by atoms with E-state index in [1.54, 1.807) is 18.2 Å². The topological polar surface area (TPSA) is 40.1 Å². The first-order chi connectivity index (χ1) is 5.72. The summed E-state index contributed by atoms with van der Waals surface area (Å²) in [6, 6.07) is 6.41. The Morgan fingerprint density at radius 2 is 1.77 bits per heavy atom. The number of hydrogen-bond donors (Lipinski definition) is 1. The summed E-state index contributed by atoms with van der Waals surface area (Å²) in [7, 11) is 0. The Balaban J connectivity index is 0. The fraction of sp³-hybridized carbons (Fsp3) is 0.222. The van der Waals surface area contributed by atoms with Crippen LogP contribution >= 0.6 is 12.6 Å². The maximum Gasteiger partial charge on any atom is 1.00 e. The number of rotatable bonds is 1. The van der Waals surface area contributed by atoms with Crippen LogP contribution in [0.5, 0.6) is 0 Å². The molecular weight excluding hydrogens is 195 g/mol. The van der Waals surface area contributed by atoms with E-state index in [1.807, 2.05) is 13.8 Å². The summed E-state index contributed by atoms with van der Waals surface area (Å²) in [4.78, 5) is 10.7. The zero-order valence-electron chi connectivity index (χ0n) is 8.07. The molecule has 0 heterocycles. The van der Waals surface area contributed by atoms with Crippen LogP contribution in [0.2, 0.25) is 0 Å². The van der Waals surface area contributed by atoms with Crippen LogP contribution in [-0.2, 0) is 0 Å². The van der Waals surface area contributed by atoms with Gasteiger partial charge in [0.1, 0.15) is 0 Å². The van der Waals surface area contributed by atoms with Crippen LogP contribution < -0.4 is 34.7 Å². The number of carboxylic acids is 1. The van der Waals surface area contributed by atoms with E-state index in [-0.39, 0.29) is 35.1 Å². The summed E-state index contributed by atoms with van der Waals surface area (Å²) in [5, 5.41) is 10.3. The molecule has 1 rings (SSSR count). The maximum atomic E-state index is 10.3. The monoisotopic (exact) mass is 206 g/mol. The Hall–Kier alpha value is 0.0400. The third-order valence-corrected chi connectivity index (χ3v) is 1.51. The first-order valence-corrected chi connectivity index (χ1v) is 4.16. The zero-order valence-corrected chi connectivity index (χ0v) is 11.0. The van der Waals surface area contributed by atoms with Crippen molar-refractivity contribution in [1.29, 1.82) is 0 Å². The molecule has 2 nitrogen and oxygen atoms in total. The predicted octanol–water partition coefficient (Wildman–Crippen LogP) is -1.63. The third-order valence-electron chi connectivity index (χ3n) is 1.12. The Kier molecular flexibility index (Phi) is 10.3. The Labute approximate surface area is 106 Å². The number of hydrogen-bond acceptors (Lipinski definition) is 3. The van der Waals surface area contributed by atoms with E-state index < -0.39 is 5.97 Å². The van der Waals surface area contributed by atoms with Crippen LogP contribution in [-0.4, -0.2) is 5.97 Å². The second kappa shape index (κ2) is 8.63. The molecule has 0 unspecified atom stereocenters. The minimum atomic E-state index is -1.19. The molecule has 4 heteroatoms. The molecule has 66 valence electrons. The normalized spacial score (nSPS) is 7.62. The molecule has 0 spiro atoms. The van der Waals surface area contributed by atoms with Gasteiger partial charge in [-0.1, -0.05) is 32.0 Å². The third kappa shape index (κ3) is 5.37. The van der Waals surface area contributed by atoms with Gasteiger partial charge in [-0.25, -0.2) is 0 Å². The number of thiol groups is 1. The number of benzene rings is 1. The van der Waals surface area contributed by atoms with Crippen molar-refractivity contribution in [2.24, 2.45) is 0 Å². The van der Waals surface area contributed by atoms with Crippen LogP contribution in [0.15, 0.2) is 29.2 Å². The molecule has 0 N–H and O–H groups in total. The van der Waals surface area contributed by atoms with E-state index >= 15 is 0 Å². The molecule has 0 aliphatic carbocycles. The number of carboxylic acid groups (broad SMARTS) is 1. The second-order valence-electron chi connectivity index (χ2n) is 1.80. The molecule has 0 aliphatic rings. The van der Waals surface area contributed by atoms with E-state index in [9.17, 15) is 9.90 Å². The minimum Gasteiger partial charge on any atom is -0.545 e. The number of carbonyl (C=O) groups excluding carboxylic acids is 1. The number of carbonyl (C=O) groups is 1. The van der Waals surface area contributed by atoms with E-state index in [1.165, 1.54) is 6.07 Å². The van der Waals surface area contributed by atoms with Gasteiger partial charge >= 0.3 is 29.6 Å². The maximum absolute atomic E-state index is 10.3. The molecule has 0 bridgehead atoms. The summed E-state index contributed by atoms with van der Waals surface area (Å²) in [5.41, 5.74) is 0.130. The molecule has 1 aromatic carbocycles. The van der Waals surface area contributed by atoms with Gasteiger partial charge in [0, 0.05) is 10.5 Å². The largest absolute Gasteiger partial charge is 1.00 e. The molecule has 0 saturated carbocycles. The van der Waals surface area contributed by atoms with Crippen LogP contribution in [0.25, 0.3) is 0 Å². The zero-order chi connectivity index (χ0) is 9.56. The average Bonchev–Trinajstić information content (AvgIpc) is 2.08. The molecule has 13 heavy (non-hydrogen) atoms. The van der Waals surface area contributed by atoms with Crippen molar-refractivity contribution in [1.82, 2.24) is 0 Å². The fourth-order valence-corrected chi connectivity index (χ4v) is 0.898. The molecule has 0 saturated heterocycles. The first kappa shape index (κ1) is 15.5. The summed E-state index contributed by atoms with van der Waals surface area (Å²) >= 11 is 3.92. The minimum absolute atomic E-state index is 0. The fourth-order valence-electron chi connectivity index (χ4n) is 0.646. The van der Waals surface area contributed by atoms with Gasteiger partial charge in [-0.15, -0.1) is 12.6 Å². The smallest absolute Gasteiger partial charge is 0.545 e. The molecule has 0 radical (unpaired) electrons. The van der Waals surface area contributed by atoms with Crippen molar-refractivity contribution in [2.75, 3.05) is 0 Å². The van der Waals surface area contributed by atoms with Crippen LogP contribution in [0.3, 0.4) is 0 Å². The van der Waals surface area contributed by atoms with Crippen molar-refractivity contribution in [3.05, 3.63) is 29.8 Å². The van der Waals surface area contributed by atoms with Crippen LogP contribution in [0.4, 0.5) is 0 Å². The molecule has 0 atom stereocenters. The van der Waals surface area contributed by atoms with Gasteiger partial charge in [0.25, 0.3) is 0 Å². The molecule has 0 amide bonds. The summed E-state index contributed by atoms with van der Waals surface area (Å²) in [6.07, 6.45) is 0. The SMILES string of the molecule is CC.O=C([O-])c1ccccc1S.[Na+]. The quantitative estimate of drug-likeness (QED) is 0.442. The first-order valence-electron chi connectivity index (χ1n) is 3.71. The van der Waals surface area contributed by atoms with Crippen molar-refractivity contribution >= 4 is 18.6 Å². The van der Waals surface area contributed by atoms with Gasteiger partial charge in [-0.3, -0.25) is 0 Å². The Bertz CT molecular complexity index is 264. The molecular formula is C9H11NaO2S. The second-order valence-corrected chi connectivity index (χ2v) is 2.29. The van der Waals surface area contributed by atoms with E-state index in [4.69, 9.17) is 0 Å². The average molecular weight is 206 g/mol. The Morgan fingerprint density at radius 1 is 1.31 bits per heavy atom. The molecule has 0 aliphatic heterocycles. The van der Waals surface area contributed by atoms with Crippen molar-refractivity contribution in [2.45, 2.75) is 18.7 Å².